The summed E-state index contributed by atoms with van der Waals surface area (Å²) in [5.41, 5.74) is 2.12. The first-order valence-electron chi connectivity index (χ1n) is 9.73. The van der Waals surface area contributed by atoms with Crippen molar-refractivity contribution >= 4 is 5.91 Å². The van der Waals surface area contributed by atoms with E-state index in [9.17, 15) is 4.79 Å². The Hall–Kier alpha value is -1.35. The number of hydrogen-bond donors (Lipinski definition) is 0. The predicted octanol–water partition coefficient (Wildman–Crippen LogP) is 4.32. The molecule has 3 rings (SSSR count). The largest absolute Gasteiger partial charge is 0.339 e. The number of amides is 1. The molecule has 132 valence electrons. The van der Waals surface area contributed by atoms with Gasteiger partial charge in [0.05, 0.1) is 0 Å². The molecule has 2 unspecified atom stereocenters. The fourth-order valence-electron chi connectivity index (χ4n) is 4.44. The van der Waals surface area contributed by atoms with E-state index in [4.69, 9.17) is 0 Å². The van der Waals surface area contributed by atoms with Crippen LogP contribution < -0.4 is 0 Å². The fraction of sp³-hybridized carbons (Fsp3) is 0.667. The van der Waals surface area contributed by atoms with E-state index < -0.39 is 0 Å². The highest BCUT2D eigenvalue weighted by atomic mass is 16.2. The normalized spacial score (nSPS) is 25.0. The Morgan fingerprint density at radius 3 is 2.62 bits per heavy atom. The van der Waals surface area contributed by atoms with E-state index in [2.05, 4.69) is 31.0 Å². The predicted molar refractivity (Wildman–Crippen MR) is 99.1 cm³/mol. The Morgan fingerprint density at radius 1 is 1.12 bits per heavy atom. The topological polar surface area (TPSA) is 23.6 Å². The summed E-state index contributed by atoms with van der Waals surface area (Å²) >= 11 is 0. The zero-order chi connectivity index (χ0) is 16.9. The average Bonchev–Trinajstić information content (AvgIpc) is 2.62. The van der Waals surface area contributed by atoms with Crippen LogP contribution in [0.3, 0.4) is 0 Å². The van der Waals surface area contributed by atoms with Gasteiger partial charge in [-0.2, -0.15) is 0 Å². The number of rotatable bonds is 4. The van der Waals surface area contributed by atoms with Gasteiger partial charge < -0.3 is 4.90 Å². The lowest BCUT2D eigenvalue weighted by Crippen LogP contribution is -2.38. The number of nitrogens with zero attached hydrogens (tertiary/aromatic N) is 2. The summed E-state index contributed by atoms with van der Waals surface area (Å²) < 4.78 is 0. The van der Waals surface area contributed by atoms with Crippen molar-refractivity contribution in [3.8, 4) is 0 Å². The van der Waals surface area contributed by atoms with Crippen LogP contribution in [0.1, 0.15) is 67.8 Å². The van der Waals surface area contributed by atoms with Crippen molar-refractivity contribution in [2.45, 2.75) is 64.5 Å². The molecule has 1 saturated carbocycles. The van der Waals surface area contributed by atoms with E-state index in [1.807, 2.05) is 17.0 Å². The van der Waals surface area contributed by atoms with E-state index in [0.717, 1.165) is 44.0 Å². The Morgan fingerprint density at radius 2 is 1.88 bits per heavy atom. The van der Waals surface area contributed by atoms with Crippen molar-refractivity contribution < 1.29 is 4.79 Å². The second-order valence-electron chi connectivity index (χ2n) is 7.80. The molecule has 2 atom stereocenters. The highest BCUT2D eigenvalue weighted by Gasteiger charge is 2.25. The molecule has 3 nitrogen and oxygen atoms in total. The quantitative estimate of drug-likeness (QED) is 0.821. The minimum absolute atomic E-state index is 0.213. The number of benzene rings is 1. The van der Waals surface area contributed by atoms with E-state index in [-0.39, 0.29) is 5.91 Å². The van der Waals surface area contributed by atoms with Gasteiger partial charge in [-0.05, 0) is 62.8 Å². The van der Waals surface area contributed by atoms with Crippen LogP contribution in [0.25, 0.3) is 0 Å². The van der Waals surface area contributed by atoms with Gasteiger partial charge in [0.2, 0.25) is 0 Å². The highest BCUT2D eigenvalue weighted by Crippen LogP contribution is 2.28. The van der Waals surface area contributed by atoms with Crippen LogP contribution >= 0.6 is 0 Å². The molecule has 24 heavy (non-hydrogen) atoms. The van der Waals surface area contributed by atoms with Crippen LogP contribution in [-0.2, 0) is 6.54 Å². The summed E-state index contributed by atoms with van der Waals surface area (Å²) in [5.74, 6) is 0.993. The second-order valence-corrected chi connectivity index (χ2v) is 7.80. The number of hydrogen-bond acceptors (Lipinski definition) is 2. The molecule has 0 aromatic heterocycles. The van der Waals surface area contributed by atoms with Crippen LogP contribution in [0, 0.1) is 5.92 Å². The van der Waals surface area contributed by atoms with Gasteiger partial charge in [0.25, 0.3) is 5.91 Å². The Kier molecular flexibility index (Phi) is 5.94. The fourth-order valence-corrected chi connectivity index (χ4v) is 4.44. The minimum Gasteiger partial charge on any atom is -0.339 e. The molecule has 1 aliphatic carbocycles. The summed E-state index contributed by atoms with van der Waals surface area (Å²) in [6.45, 7) is 5.16. The van der Waals surface area contributed by atoms with Crippen LogP contribution in [0.5, 0.6) is 0 Å². The number of carbonyl (C=O) groups is 1. The molecule has 1 amide bonds. The lowest BCUT2D eigenvalue weighted by molar-refractivity contribution is 0.0724. The zero-order valence-corrected chi connectivity index (χ0v) is 15.3. The monoisotopic (exact) mass is 328 g/mol. The van der Waals surface area contributed by atoms with Crippen molar-refractivity contribution in [1.82, 2.24) is 9.80 Å². The molecule has 1 aliphatic heterocycles. The maximum absolute atomic E-state index is 12.7. The SMILES string of the molecule is CC1CCCCC1N(C)Cc1cccc(C(=O)N2CCCCC2)c1. The molecule has 2 aliphatic rings. The molecule has 2 fully saturated rings. The molecule has 3 heteroatoms. The molecule has 1 aromatic carbocycles. The first kappa shape index (κ1) is 17.5. The summed E-state index contributed by atoms with van der Waals surface area (Å²) in [4.78, 5) is 17.2. The smallest absolute Gasteiger partial charge is 0.253 e. The van der Waals surface area contributed by atoms with Crippen molar-refractivity contribution in [1.29, 1.82) is 0 Å². The summed E-state index contributed by atoms with van der Waals surface area (Å²) in [7, 11) is 2.24. The Balaban J connectivity index is 1.65. The third-order valence-electron chi connectivity index (χ3n) is 5.88. The molecule has 1 saturated heterocycles. The summed E-state index contributed by atoms with van der Waals surface area (Å²) in [6, 6.07) is 8.98. The van der Waals surface area contributed by atoms with E-state index in [1.54, 1.807) is 0 Å². The molecular weight excluding hydrogens is 296 g/mol. The lowest BCUT2D eigenvalue weighted by Gasteiger charge is -2.36. The van der Waals surface area contributed by atoms with Crippen LogP contribution in [-0.4, -0.2) is 41.9 Å². The van der Waals surface area contributed by atoms with Gasteiger partial charge >= 0.3 is 0 Å². The third-order valence-corrected chi connectivity index (χ3v) is 5.88. The third kappa shape index (κ3) is 4.18. The van der Waals surface area contributed by atoms with Crippen molar-refractivity contribution in [2.24, 2.45) is 5.92 Å². The van der Waals surface area contributed by atoms with Crippen LogP contribution in [0.4, 0.5) is 0 Å². The Bertz CT molecular complexity index is 551. The van der Waals surface area contributed by atoms with Crippen LogP contribution in [0.2, 0.25) is 0 Å². The maximum atomic E-state index is 12.7. The van der Waals surface area contributed by atoms with E-state index >= 15 is 0 Å². The van der Waals surface area contributed by atoms with E-state index in [1.165, 1.54) is 37.7 Å². The van der Waals surface area contributed by atoms with Gasteiger partial charge in [-0.25, -0.2) is 0 Å². The molecule has 0 N–H and O–H groups in total. The van der Waals surface area contributed by atoms with Gasteiger partial charge in [0.15, 0.2) is 0 Å². The molecule has 0 radical (unpaired) electrons. The molecular formula is C21H32N2O. The maximum Gasteiger partial charge on any atom is 0.253 e. The number of likely N-dealkylation sites (tertiary alicyclic amines) is 1. The van der Waals surface area contributed by atoms with Gasteiger partial charge in [-0.3, -0.25) is 9.69 Å². The average molecular weight is 329 g/mol. The van der Waals surface area contributed by atoms with Crippen molar-refractivity contribution in [2.75, 3.05) is 20.1 Å². The molecule has 0 spiro atoms. The molecule has 0 bridgehead atoms. The first-order valence-corrected chi connectivity index (χ1v) is 9.73. The zero-order valence-electron chi connectivity index (χ0n) is 15.3. The standard InChI is InChI=1S/C21H32N2O/c1-17-9-4-5-12-20(17)22(2)16-18-10-8-11-19(15-18)21(24)23-13-6-3-7-14-23/h8,10-11,15,17,20H,3-7,9,12-14,16H2,1-2H3. The summed E-state index contributed by atoms with van der Waals surface area (Å²) in [5, 5.41) is 0. The van der Waals surface area contributed by atoms with Gasteiger partial charge in [-0.1, -0.05) is 31.9 Å². The molecule has 1 heterocycles. The van der Waals surface area contributed by atoms with Crippen LogP contribution in [0.15, 0.2) is 24.3 Å². The second kappa shape index (κ2) is 8.15. The summed E-state index contributed by atoms with van der Waals surface area (Å²) in [6.07, 6.45) is 8.94. The van der Waals surface area contributed by atoms with Gasteiger partial charge in [-0.15, -0.1) is 0 Å². The number of carbonyl (C=O) groups excluding carboxylic acids is 1. The number of piperidine rings is 1. The first-order chi connectivity index (χ1) is 11.6. The van der Waals surface area contributed by atoms with Gasteiger partial charge in [0, 0.05) is 31.2 Å². The van der Waals surface area contributed by atoms with E-state index in [0.29, 0.717) is 6.04 Å². The van der Waals surface area contributed by atoms with Crippen molar-refractivity contribution in [3.05, 3.63) is 35.4 Å². The highest BCUT2D eigenvalue weighted by molar-refractivity contribution is 5.94. The molecule has 1 aromatic rings. The minimum atomic E-state index is 0.213. The Labute approximate surface area is 147 Å². The lowest BCUT2D eigenvalue weighted by atomic mass is 9.85. The van der Waals surface area contributed by atoms with Crippen molar-refractivity contribution in [3.63, 3.8) is 0 Å². The van der Waals surface area contributed by atoms with Gasteiger partial charge in [0.1, 0.15) is 0 Å².